The lowest BCUT2D eigenvalue weighted by Crippen LogP contribution is -2.43. The maximum absolute atomic E-state index is 12.6. The van der Waals surface area contributed by atoms with Crippen LogP contribution in [0.2, 0.25) is 0 Å². The van der Waals surface area contributed by atoms with Crippen LogP contribution in [0.15, 0.2) is 53.2 Å². The molecule has 3 aromatic heterocycles. The molecule has 0 radical (unpaired) electrons. The number of piperazine rings is 1. The maximum Gasteiger partial charge on any atom is 0.361 e. The smallest absolute Gasteiger partial charge is 0.361 e. The lowest BCUT2D eigenvalue weighted by Gasteiger charge is -2.29. The van der Waals surface area contributed by atoms with Gasteiger partial charge < -0.3 is 29.1 Å². The average molecular weight is 520 g/mol. The third-order valence-electron chi connectivity index (χ3n) is 5.80. The van der Waals surface area contributed by atoms with Gasteiger partial charge in [-0.3, -0.25) is 4.79 Å². The summed E-state index contributed by atoms with van der Waals surface area (Å²) in [5.74, 6) is 0.259. The molecule has 10 nitrogen and oxygen atoms in total. The minimum atomic E-state index is -0.502. The number of pyridine rings is 1. The standard InChI is InChI=1S/C23H23N5O3.C5H10O2/c1-2-30-23(29)19-20(15-3-5-16(6-4-15)28-13-11-24-12-14-28)31-22(27-19)18-8-10-26-21-17(18)7-9-25-21;1-5(2,3)7-4-6/h3-10,24H,2,11-14H2,1H3,(H,25,26);4H,1-3H3. The topological polar surface area (TPSA) is 123 Å². The quantitative estimate of drug-likeness (QED) is 0.281. The Hall–Kier alpha value is -4.18. The van der Waals surface area contributed by atoms with Crippen LogP contribution in [-0.4, -0.2) is 65.8 Å². The fourth-order valence-corrected chi connectivity index (χ4v) is 4.01. The number of fused-ring (bicyclic) bond motifs is 1. The number of carbonyl (C=O) groups excluding carboxylic acids is 2. The summed E-state index contributed by atoms with van der Waals surface area (Å²) in [4.78, 5) is 36.5. The summed E-state index contributed by atoms with van der Waals surface area (Å²) in [6, 6.07) is 11.8. The molecule has 5 rings (SSSR count). The second-order valence-electron chi connectivity index (χ2n) is 9.63. The summed E-state index contributed by atoms with van der Waals surface area (Å²) in [7, 11) is 0. The minimum absolute atomic E-state index is 0.173. The van der Waals surface area contributed by atoms with Crippen molar-refractivity contribution < 1.29 is 23.5 Å². The first-order chi connectivity index (χ1) is 18.3. The van der Waals surface area contributed by atoms with Gasteiger partial charge >= 0.3 is 5.97 Å². The van der Waals surface area contributed by atoms with Gasteiger partial charge in [0, 0.05) is 60.8 Å². The van der Waals surface area contributed by atoms with Crippen LogP contribution < -0.4 is 10.2 Å². The largest absolute Gasteiger partial charge is 0.462 e. The van der Waals surface area contributed by atoms with Crippen molar-refractivity contribution in [3.63, 3.8) is 0 Å². The molecule has 38 heavy (non-hydrogen) atoms. The van der Waals surface area contributed by atoms with Crippen LogP contribution in [-0.2, 0) is 14.3 Å². The van der Waals surface area contributed by atoms with E-state index in [0.717, 1.165) is 54.0 Å². The van der Waals surface area contributed by atoms with E-state index in [1.54, 1.807) is 13.1 Å². The molecule has 2 N–H and O–H groups in total. The second kappa shape index (κ2) is 11.9. The van der Waals surface area contributed by atoms with Crippen LogP contribution in [0.25, 0.3) is 33.8 Å². The number of anilines is 1. The number of rotatable bonds is 6. The first-order valence-electron chi connectivity index (χ1n) is 12.6. The number of benzene rings is 1. The zero-order valence-electron chi connectivity index (χ0n) is 22.1. The molecule has 0 atom stereocenters. The monoisotopic (exact) mass is 519 g/mol. The van der Waals surface area contributed by atoms with Crippen molar-refractivity contribution in [2.24, 2.45) is 0 Å². The molecule has 0 amide bonds. The van der Waals surface area contributed by atoms with Crippen molar-refractivity contribution in [3.05, 3.63) is 54.5 Å². The lowest BCUT2D eigenvalue weighted by atomic mass is 10.1. The fraction of sp³-hybridized carbons (Fsp3) is 0.357. The number of carbonyl (C=O) groups is 2. The van der Waals surface area contributed by atoms with Gasteiger partial charge in [0.05, 0.1) is 6.61 Å². The van der Waals surface area contributed by atoms with E-state index in [1.807, 2.05) is 51.2 Å². The van der Waals surface area contributed by atoms with Crippen molar-refractivity contribution in [2.45, 2.75) is 33.3 Å². The van der Waals surface area contributed by atoms with Gasteiger partial charge in [0.1, 0.15) is 11.2 Å². The molecular weight excluding hydrogens is 486 g/mol. The van der Waals surface area contributed by atoms with Gasteiger partial charge in [-0.15, -0.1) is 0 Å². The van der Waals surface area contributed by atoms with Crippen LogP contribution >= 0.6 is 0 Å². The molecule has 0 bridgehead atoms. The Morgan fingerprint density at radius 3 is 2.50 bits per heavy atom. The number of oxazole rings is 1. The van der Waals surface area contributed by atoms with E-state index in [0.29, 0.717) is 18.1 Å². The van der Waals surface area contributed by atoms with E-state index >= 15 is 0 Å². The third-order valence-corrected chi connectivity index (χ3v) is 5.80. The Kier molecular flexibility index (Phi) is 8.42. The Balaban J connectivity index is 0.000000426. The number of aromatic amines is 1. The van der Waals surface area contributed by atoms with Gasteiger partial charge in [0.25, 0.3) is 6.47 Å². The van der Waals surface area contributed by atoms with E-state index in [-0.39, 0.29) is 17.9 Å². The van der Waals surface area contributed by atoms with E-state index in [2.05, 4.69) is 42.0 Å². The molecule has 0 spiro atoms. The molecule has 1 fully saturated rings. The van der Waals surface area contributed by atoms with Crippen molar-refractivity contribution >= 4 is 29.2 Å². The third kappa shape index (κ3) is 6.38. The van der Waals surface area contributed by atoms with Crippen molar-refractivity contribution in [1.29, 1.82) is 0 Å². The first kappa shape index (κ1) is 26.9. The van der Waals surface area contributed by atoms with Crippen LogP contribution in [0, 0.1) is 0 Å². The Bertz CT molecular complexity index is 1360. The first-order valence-corrected chi connectivity index (χ1v) is 12.6. The van der Waals surface area contributed by atoms with E-state index in [4.69, 9.17) is 9.15 Å². The average Bonchev–Trinajstić information content (AvgIpc) is 3.57. The van der Waals surface area contributed by atoms with Crippen molar-refractivity contribution in [2.75, 3.05) is 37.7 Å². The predicted octanol–water partition coefficient (Wildman–Crippen LogP) is 4.43. The number of H-pyrrole nitrogens is 1. The molecule has 200 valence electrons. The Morgan fingerprint density at radius 1 is 1.13 bits per heavy atom. The molecule has 0 saturated carbocycles. The van der Waals surface area contributed by atoms with Gasteiger partial charge in [-0.2, -0.15) is 0 Å². The highest BCUT2D eigenvalue weighted by Gasteiger charge is 2.24. The van der Waals surface area contributed by atoms with Gasteiger partial charge in [0.15, 0.2) is 11.5 Å². The number of nitrogens with one attached hydrogen (secondary N) is 2. The van der Waals surface area contributed by atoms with E-state index in [1.165, 1.54) is 0 Å². The van der Waals surface area contributed by atoms with Gasteiger partial charge in [-0.25, -0.2) is 14.8 Å². The van der Waals surface area contributed by atoms with Crippen LogP contribution in [0.1, 0.15) is 38.2 Å². The molecule has 1 aromatic carbocycles. The molecule has 10 heteroatoms. The number of aromatic nitrogens is 3. The number of esters is 1. The molecule has 1 saturated heterocycles. The maximum atomic E-state index is 12.6. The van der Waals surface area contributed by atoms with Gasteiger partial charge in [-0.1, -0.05) is 0 Å². The molecule has 0 unspecified atom stereocenters. The van der Waals surface area contributed by atoms with E-state index < -0.39 is 5.97 Å². The summed E-state index contributed by atoms with van der Waals surface area (Å²) >= 11 is 0. The fourth-order valence-electron chi connectivity index (χ4n) is 4.01. The summed E-state index contributed by atoms with van der Waals surface area (Å²) in [6.07, 6.45) is 3.50. The number of ether oxygens (including phenoxy) is 2. The zero-order valence-corrected chi connectivity index (χ0v) is 22.1. The highest BCUT2D eigenvalue weighted by Crippen LogP contribution is 2.34. The Labute approximate surface area is 221 Å². The van der Waals surface area contributed by atoms with Gasteiger partial charge in [0.2, 0.25) is 5.89 Å². The Morgan fingerprint density at radius 2 is 1.87 bits per heavy atom. The van der Waals surface area contributed by atoms with Crippen LogP contribution in [0.5, 0.6) is 0 Å². The van der Waals surface area contributed by atoms with Crippen molar-refractivity contribution in [3.8, 4) is 22.8 Å². The number of hydrogen-bond acceptors (Lipinski definition) is 9. The number of nitrogens with zero attached hydrogens (tertiary/aromatic N) is 3. The molecule has 1 aliphatic heterocycles. The summed E-state index contributed by atoms with van der Waals surface area (Å²) < 4.78 is 15.9. The molecule has 1 aliphatic rings. The minimum Gasteiger partial charge on any atom is -0.462 e. The lowest BCUT2D eigenvalue weighted by molar-refractivity contribution is -0.138. The second-order valence-corrected chi connectivity index (χ2v) is 9.63. The molecule has 4 aromatic rings. The molecule has 4 heterocycles. The predicted molar refractivity (Wildman–Crippen MR) is 145 cm³/mol. The molecular formula is C28H33N5O5. The van der Waals surface area contributed by atoms with E-state index in [9.17, 15) is 9.59 Å². The SMILES string of the molecule is CC(C)(C)OC=O.CCOC(=O)c1nc(-c2ccnc3[nH]ccc23)oc1-c1ccc(N2CCNCC2)cc1. The molecule has 0 aliphatic carbocycles. The summed E-state index contributed by atoms with van der Waals surface area (Å²) in [5, 5.41) is 4.23. The number of hydrogen-bond donors (Lipinski definition) is 2. The van der Waals surface area contributed by atoms with Crippen LogP contribution in [0.3, 0.4) is 0 Å². The summed E-state index contributed by atoms with van der Waals surface area (Å²) in [5.41, 5.74) is 3.27. The van der Waals surface area contributed by atoms with Crippen LogP contribution in [0.4, 0.5) is 5.69 Å². The highest BCUT2D eigenvalue weighted by molar-refractivity contribution is 5.96. The zero-order chi connectivity index (χ0) is 27.1. The summed E-state index contributed by atoms with van der Waals surface area (Å²) in [6.45, 7) is 11.8. The highest BCUT2D eigenvalue weighted by atomic mass is 16.5. The van der Waals surface area contributed by atoms with Crippen molar-refractivity contribution in [1.82, 2.24) is 20.3 Å². The van der Waals surface area contributed by atoms with Gasteiger partial charge in [-0.05, 0) is 64.1 Å². The normalized spacial score (nSPS) is 13.5.